The van der Waals surface area contributed by atoms with Gasteiger partial charge >= 0.3 is 5.97 Å². The first-order chi connectivity index (χ1) is 8.70. The summed E-state index contributed by atoms with van der Waals surface area (Å²) in [4.78, 5) is 23.6. The monoisotopic (exact) mass is 246 g/mol. The number of hydrogen-bond donors (Lipinski definition) is 2. The molecule has 1 unspecified atom stereocenters. The van der Waals surface area contributed by atoms with E-state index in [1.807, 2.05) is 0 Å². The predicted octanol–water partition coefficient (Wildman–Crippen LogP) is 0.557. The molecular formula is C11H10N4O3. The number of H-pyrrole nitrogens is 1. The van der Waals surface area contributed by atoms with Crippen molar-refractivity contribution in [2.75, 3.05) is 11.9 Å². The lowest BCUT2D eigenvalue weighted by Crippen LogP contribution is -2.22. The molecule has 1 aliphatic rings. The highest BCUT2D eigenvalue weighted by molar-refractivity contribution is 6.16. The van der Waals surface area contributed by atoms with Gasteiger partial charge in [-0.2, -0.15) is 0 Å². The number of aromatic nitrogens is 3. The fourth-order valence-corrected chi connectivity index (χ4v) is 2.06. The van der Waals surface area contributed by atoms with E-state index in [4.69, 9.17) is 4.74 Å². The van der Waals surface area contributed by atoms with E-state index in [1.54, 1.807) is 19.1 Å². The second-order valence-electron chi connectivity index (χ2n) is 3.94. The Morgan fingerprint density at radius 3 is 3.11 bits per heavy atom. The van der Waals surface area contributed by atoms with Gasteiger partial charge in [0.25, 0.3) is 0 Å². The molecule has 7 heteroatoms. The topological polar surface area (TPSA) is 97.0 Å². The van der Waals surface area contributed by atoms with E-state index in [1.165, 1.54) is 0 Å². The number of carbonyl (C=O) groups is 2. The number of esters is 1. The zero-order valence-electron chi connectivity index (χ0n) is 9.56. The van der Waals surface area contributed by atoms with Gasteiger partial charge in [-0.25, -0.2) is 0 Å². The van der Waals surface area contributed by atoms with Crippen molar-refractivity contribution in [1.82, 2.24) is 15.4 Å². The van der Waals surface area contributed by atoms with Crippen molar-refractivity contribution in [2.24, 2.45) is 0 Å². The molecule has 1 aromatic carbocycles. The summed E-state index contributed by atoms with van der Waals surface area (Å²) >= 11 is 0. The zero-order valence-corrected chi connectivity index (χ0v) is 9.56. The predicted molar refractivity (Wildman–Crippen MR) is 61.9 cm³/mol. The molecule has 1 aromatic heterocycles. The highest BCUT2D eigenvalue weighted by Crippen LogP contribution is 2.35. The molecule has 0 saturated heterocycles. The molecule has 0 radical (unpaired) electrons. The Balaban J connectivity index is 2.10. The quantitative estimate of drug-likeness (QED) is 0.596. The number of carbonyl (C=O) groups excluding carboxylic acids is 2. The fourth-order valence-electron chi connectivity index (χ4n) is 2.06. The Morgan fingerprint density at radius 1 is 1.50 bits per heavy atom. The highest BCUT2D eigenvalue weighted by atomic mass is 16.5. The number of ether oxygens (including phenoxy) is 1. The molecule has 3 rings (SSSR count). The SMILES string of the molecule is CCOC(=O)C1C(=O)Nc2cc3nn[nH]c3cc21. The van der Waals surface area contributed by atoms with Crippen LogP contribution in [0.5, 0.6) is 0 Å². The Kier molecular flexibility index (Phi) is 2.26. The number of rotatable bonds is 2. The van der Waals surface area contributed by atoms with Crippen LogP contribution in [-0.4, -0.2) is 33.9 Å². The van der Waals surface area contributed by atoms with Crippen molar-refractivity contribution in [3.05, 3.63) is 17.7 Å². The molecule has 92 valence electrons. The molecule has 7 nitrogen and oxygen atoms in total. The largest absolute Gasteiger partial charge is 0.465 e. The third kappa shape index (κ3) is 1.44. The van der Waals surface area contributed by atoms with Gasteiger partial charge in [-0.05, 0) is 19.1 Å². The summed E-state index contributed by atoms with van der Waals surface area (Å²) in [5.74, 6) is -1.82. The van der Waals surface area contributed by atoms with Crippen LogP contribution in [0.2, 0.25) is 0 Å². The standard InChI is InChI=1S/C11H10N4O3/c1-2-18-11(17)9-5-3-7-8(14-15-13-7)4-6(5)12-10(9)16/h3-4,9H,2H2,1H3,(H,12,16)(H,13,14,15). The number of anilines is 1. The average Bonchev–Trinajstić information content (AvgIpc) is 2.88. The van der Waals surface area contributed by atoms with Crippen molar-refractivity contribution < 1.29 is 14.3 Å². The van der Waals surface area contributed by atoms with Gasteiger partial charge in [0.05, 0.1) is 12.1 Å². The normalized spacial score (nSPS) is 17.6. The van der Waals surface area contributed by atoms with Crippen molar-refractivity contribution >= 4 is 28.6 Å². The van der Waals surface area contributed by atoms with Crippen molar-refractivity contribution in [3.63, 3.8) is 0 Å². The molecule has 1 atom stereocenters. The van der Waals surface area contributed by atoms with Crippen molar-refractivity contribution in [1.29, 1.82) is 0 Å². The lowest BCUT2D eigenvalue weighted by Gasteiger charge is -2.07. The molecule has 2 aromatic rings. The number of nitrogens with one attached hydrogen (secondary N) is 2. The van der Waals surface area contributed by atoms with Crippen LogP contribution in [-0.2, 0) is 14.3 Å². The minimum atomic E-state index is -0.910. The van der Waals surface area contributed by atoms with Gasteiger partial charge in [-0.1, -0.05) is 5.21 Å². The van der Waals surface area contributed by atoms with E-state index in [0.717, 1.165) is 0 Å². The van der Waals surface area contributed by atoms with E-state index in [2.05, 4.69) is 20.7 Å². The molecular weight excluding hydrogens is 236 g/mol. The van der Waals surface area contributed by atoms with Gasteiger partial charge in [0.2, 0.25) is 5.91 Å². The maximum Gasteiger partial charge on any atom is 0.323 e. The van der Waals surface area contributed by atoms with Crippen LogP contribution in [0.15, 0.2) is 12.1 Å². The van der Waals surface area contributed by atoms with Crippen LogP contribution in [0.25, 0.3) is 11.0 Å². The smallest absolute Gasteiger partial charge is 0.323 e. The van der Waals surface area contributed by atoms with Crippen LogP contribution >= 0.6 is 0 Å². The maximum atomic E-state index is 11.8. The first kappa shape index (κ1) is 10.7. The molecule has 0 saturated carbocycles. The summed E-state index contributed by atoms with van der Waals surface area (Å²) in [7, 11) is 0. The molecule has 0 aliphatic carbocycles. The lowest BCUT2D eigenvalue weighted by molar-refractivity contribution is -0.147. The Bertz CT molecular complexity index is 649. The van der Waals surface area contributed by atoms with Crippen LogP contribution in [0.4, 0.5) is 5.69 Å². The second kappa shape index (κ2) is 3.80. The molecule has 0 fully saturated rings. The van der Waals surface area contributed by atoms with E-state index in [-0.39, 0.29) is 12.5 Å². The van der Waals surface area contributed by atoms with Gasteiger partial charge in [-0.3, -0.25) is 14.7 Å². The van der Waals surface area contributed by atoms with E-state index in [9.17, 15) is 9.59 Å². The molecule has 1 amide bonds. The molecule has 18 heavy (non-hydrogen) atoms. The number of fused-ring (bicyclic) bond motifs is 2. The number of benzene rings is 1. The third-order valence-corrected chi connectivity index (χ3v) is 2.85. The molecule has 1 aliphatic heterocycles. The van der Waals surface area contributed by atoms with Gasteiger partial charge in [0.15, 0.2) is 5.92 Å². The van der Waals surface area contributed by atoms with Gasteiger partial charge < -0.3 is 10.1 Å². The first-order valence-corrected chi connectivity index (χ1v) is 5.53. The van der Waals surface area contributed by atoms with Crippen molar-refractivity contribution in [3.8, 4) is 0 Å². The summed E-state index contributed by atoms with van der Waals surface area (Å²) < 4.78 is 4.91. The van der Waals surface area contributed by atoms with Gasteiger partial charge in [0, 0.05) is 11.3 Å². The highest BCUT2D eigenvalue weighted by Gasteiger charge is 2.38. The minimum Gasteiger partial charge on any atom is -0.465 e. The molecule has 2 heterocycles. The summed E-state index contributed by atoms with van der Waals surface area (Å²) in [6.07, 6.45) is 0. The summed E-state index contributed by atoms with van der Waals surface area (Å²) in [6.45, 7) is 1.94. The van der Waals surface area contributed by atoms with Gasteiger partial charge in [0.1, 0.15) is 5.52 Å². The Labute approximate surface area is 102 Å². The van der Waals surface area contributed by atoms with Crippen LogP contribution in [0.1, 0.15) is 18.4 Å². The maximum absolute atomic E-state index is 11.8. The first-order valence-electron chi connectivity index (χ1n) is 5.53. The summed E-state index contributed by atoms with van der Waals surface area (Å²) in [5.41, 5.74) is 2.49. The summed E-state index contributed by atoms with van der Waals surface area (Å²) in [6, 6.07) is 3.38. The number of hydrogen-bond acceptors (Lipinski definition) is 5. The number of aromatic amines is 1. The van der Waals surface area contributed by atoms with Gasteiger partial charge in [-0.15, -0.1) is 5.10 Å². The number of nitrogens with zero attached hydrogens (tertiary/aromatic N) is 2. The molecule has 0 spiro atoms. The molecule has 0 bridgehead atoms. The Morgan fingerprint density at radius 2 is 2.33 bits per heavy atom. The van der Waals surface area contributed by atoms with E-state index in [0.29, 0.717) is 22.3 Å². The van der Waals surface area contributed by atoms with E-state index < -0.39 is 11.9 Å². The average molecular weight is 246 g/mol. The second-order valence-corrected chi connectivity index (χ2v) is 3.94. The summed E-state index contributed by atoms with van der Waals surface area (Å²) in [5, 5.41) is 12.9. The van der Waals surface area contributed by atoms with Crippen LogP contribution in [0.3, 0.4) is 0 Å². The fraction of sp³-hybridized carbons (Fsp3) is 0.273. The third-order valence-electron chi connectivity index (χ3n) is 2.85. The lowest BCUT2D eigenvalue weighted by atomic mass is 10.0. The van der Waals surface area contributed by atoms with Crippen LogP contribution in [0, 0.1) is 0 Å². The van der Waals surface area contributed by atoms with Crippen molar-refractivity contribution in [2.45, 2.75) is 12.8 Å². The minimum absolute atomic E-state index is 0.242. The zero-order chi connectivity index (χ0) is 12.7. The van der Waals surface area contributed by atoms with Crippen LogP contribution < -0.4 is 5.32 Å². The van der Waals surface area contributed by atoms with E-state index >= 15 is 0 Å². The number of amides is 1. The Hall–Kier alpha value is -2.44. The molecule has 2 N–H and O–H groups in total.